The molecule has 0 spiro atoms. The standard InChI is InChI=1S/C26H45NO6S/c1-5-6-7-8-9-10-11-12-13-14-16-24(23-19-22(3)25(32-4)20-21(23)2)33-26(28)27-17-15-18-34(29,30)31/h19-20,24H,5-18H2,1-4H3,(H,27,28)(H,29,30,31). The number of aryl methyl sites for hydroxylation is 2. The first kappa shape index (κ1) is 30.2. The summed E-state index contributed by atoms with van der Waals surface area (Å²) >= 11 is 0. The molecule has 0 saturated carbocycles. The zero-order valence-electron chi connectivity index (χ0n) is 21.5. The molecule has 34 heavy (non-hydrogen) atoms. The van der Waals surface area contributed by atoms with Gasteiger partial charge in [0.25, 0.3) is 10.1 Å². The molecule has 0 bridgehead atoms. The second kappa shape index (κ2) is 16.8. The van der Waals surface area contributed by atoms with Gasteiger partial charge in [-0.1, -0.05) is 64.7 Å². The Bertz CT molecular complexity index is 825. The van der Waals surface area contributed by atoms with Crippen LogP contribution in [0.2, 0.25) is 0 Å². The minimum Gasteiger partial charge on any atom is -0.496 e. The second-order valence-electron chi connectivity index (χ2n) is 9.11. The van der Waals surface area contributed by atoms with Gasteiger partial charge in [-0.3, -0.25) is 4.55 Å². The molecule has 1 aromatic carbocycles. The van der Waals surface area contributed by atoms with Crippen LogP contribution >= 0.6 is 0 Å². The van der Waals surface area contributed by atoms with Gasteiger partial charge in [0, 0.05) is 6.54 Å². The van der Waals surface area contributed by atoms with Crippen LogP contribution in [0.15, 0.2) is 12.1 Å². The van der Waals surface area contributed by atoms with E-state index in [2.05, 4.69) is 12.2 Å². The summed E-state index contributed by atoms with van der Waals surface area (Å²) in [5.74, 6) is 0.403. The van der Waals surface area contributed by atoms with Crippen molar-refractivity contribution in [2.24, 2.45) is 0 Å². The lowest BCUT2D eigenvalue weighted by atomic mass is 9.96. The molecule has 0 radical (unpaired) electrons. The van der Waals surface area contributed by atoms with Crippen LogP contribution in [-0.4, -0.2) is 38.5 Å². The summed E-state index contributed by atoms with van der Waals surface area (Å²) in [6.45, 7) is 6.30. The number of carbonyl (C=O) groups excluding carboxylic acids is 1. The van der Waals surface area contributed by atoms with Gasteiger partial charge in [0.05, 0.1) is 12.9 Å². The molecule has 1 amide bonds. The minimum absolute atomic E-state index is 0.115. The molecule has 1 rings (SSSR count). The van der Waals surface area contributed by atoms with E-state index in [0.717, 1.165) is 41.7 Å². The Morgan fingerprint density at radius 2 is 1.53 bits per heavy atom. The first-order chi connectivity index (χ1) is 16.2. The van der Waals surface area contributed by atoms with Crippen molar-refractivity contribution < 1.29 is 27.2 Å². The van der Waals surface area contributed by atoms with Gasteiger partial charge in [0.1, 0.15) is 11.9 Å². The molecule has 0 fully saturated rings. The third-order valence-corrected chi connectivity index (χ3v) is 6.85. The first-order valence-electron chi connectivity index (χ1n) is 12.7. The maximum Gasteiger partial charge on any atom is 0.407 e. The van der Waals surface area contributed by atoms with E-state index in [9.17, 15) is 13.2 Å². The molecule has 0 aliphatic rings. The third kappa shape index (κ3) is 13.2. The maximum absolute atomic E-state index is 12.4. The molecule has 196 valence electrons. The Balaban J connectivity index is 2.60. The maximum atomic E-state index is 12.4. The summed E-state index contributed by atoms with van der Waals surface area (Å²) in [7, 11) is -2.40. The molecule has 1 aromatic rings. The van der Waals surface area contributed by atoms with E-state index in [1.165, 1.54) is 51.4 Å². The van der Waals surface area contributed by atoms with Crippen LogP contribution in [0.3, 0.4) is 0 Å². The molecule has 0 aromatic heterocycles. The molecule has 0 aliphatic carbocycles. The summed E-state index contributed by atoms with van der Waals surface area (Å²) in [6, 6.07) is 3.98. The Morgan fingerprint density at radius 1 is 0.941 bits per heavy atom. The van der Waals surface area contributed by atoms with Gasteiger partial charge in [0.2, 0.25) is 0 Å². The van der Waals surface area contributed by atoms with Crippen LogP contribution in [0.4, 0.5) is 4.79 Å². The van der Waals surface area contributed by atoms with Crippen LogP contribution in [0.25, 0.3) is 0 Å². The van der Waals surface area contributed by atoms with E-state index >= 15 is 0 Å². The topological polar surface area (TPSA) is 102 Å². The highest BCUT2D eigenvalue weighted by atomic mass is 32.2. The van der Waals surface area contributed by atoms with Crippen molar-refractivity contribution in [3.63, 3.8) is 0 Å². The Kier molecular flexibility index (Phi) is 14.9. The molecular weight excluding hydrogens is 454 g/mol. The van der Waals surface area contributed by atoms with E-state index in [-0.39, 0.29) is 19.1 Å². The largest absolute Gasteiger partial charge is 0.496 e. The minimum atomic E-state index is -4.04. The molecule has 0 heterocycles. The van der Waals surface area contributed by atoms with E-state index in [1.54, 1.807) is 7.11 Å². The van der Waals surface area contributed by atoms with Crippen molar-refractivity contribution in [1.82, 2.24) is 5.32 Å². The number of hydrogen-bond donors (Lipinski definition) is 2. The van der Waals surface area contributed by atoms with Crippen LogP contribution in [0.5, 0.6) is 5.75 Å². The lowest BCUT2D eigenvalue weighted by molar-refractivity contribution is 0.0904. The fourth-order valence-electron chi connectivity index (χ4n) is 4.09. The average Bonchev–Trinajstić information content (AvgIpc) is 2.77. The number of rotatable bonds is 18. The number of amides is 1. The van der Waals surface area contributed by atoms with Crippen molar-refractivity contribution in [3.8, 4) is 5.75 Å². The average molecular weight is 500 g/mol. The van der Waals surface area contributed by atoms with Gasteiger partial charge in [-0.15, -0.1) is 0 Å². The number of unbranched alkanes of at least 4 members (excludes halogenated alkanes) is 9. The predicted octanol–water partition coefficient (Wildman–Crippen LogP) is 6.67. The van der Waals surface area contributed by atoms with E-state index < -0.39 is 22.0 Å². The van der Waals surface area contributed by atoms with Crippen molar-refractivity contribution in [3.05, 3.63) is 28.8 Å². The molecular formula is C26H45NO6S. The van der Waals surface area contributed by atoms with Crippen LogP contribution in [0.1, 0.15) is 107 Å². The first-order valence-corrected chi connectivity index (χ1v) is 14.3. The van der Waals surface area contributed by atoms with Gasteiger partial charge in [-0.05, 0) is 61.9 Å². The number of nitrogens with one attached hydrogen (secondary N) is 1. The summed E-state index contributed by atoms with van der Waals surface area (Å²) in [4.78, 5) is 12.4. The smallest absolute Gasteiger partial charge is 0.407 e. The summed E-state index contributed by atoms with van der Waals surface area (Å²) in [5, 5.41) is 2.59. The number of carbonyl (C=O) groups is 1. The summed E-state index contributed by atoms with van der Waals surface area (Å²) in [5.41, 5.74) is 2.94. The van der Waals surface area contributed by atoms with Crippen molar-refractivity contribution in [2.75, 3.05) is 19.4 Å². The normalized spacial score (nSPS) is 12.4. The quantitative estimate of drug-likeness (QED) is 0.173. The Morgan fingerprint density at radius 3 is 2.09 bits per heavy atom. The van der Waals surface area contributed by atoms with Crippen LogP contribution in [-0.2, 0) is 14.9 Å². The third-order valence-electron chi connectivity index (χ3n) is 6.05. The molecule has 8 heteroatoms. The van der Waals surface area contributed by atoms with Crippen molar-refractivity contribution in [2.45, 2.75) is 104 Å². The van der Waals surface area contributed by atoms with Gasteiger partial charge < -0.3 is 14.8 Å². The fraction of sp³-hybridized carbons (Fsp3) is 0.731. The van der Waals surface area contributed by atoms with E-state index in [1.807, 2.05) is 26.0 Å². The Hall–Kier alpha value is -1.80. The lowest BCUT2D eigenvalue weighted by Gasteiger charge is -2.22. The van der Waals surface area contributed by atoms with Gasteiger partial charge >= 0.3 is 6.09 Å². The van der Waals surface area contributed by atoms with Crippen molar-refractivity contribution in [1.29, 1.82) is 0 Å². The second-order valence-corrected chi connectivity index (χ2v) is 10.7. The molecule has 7 nitrogen and oxygen atoms in total. The molecule has 0 aliphatic heterocycles. The van der Waals surface area contributed by atoms with Gasteiger partial charge in [0.15, 0.2) is 0 Å². The van der Waals surface area contributed by atoms with E-state index in [0.29, 0.717) is 0 Å². The van der Waals surface area contributed by atoms with Crippen molar-refractivity contribution >= 4 is 16.2 Å². The fourth-order valence-corrected chi connectivity index (χ4v) is 4.60. The van der Waals surface area contributed by atoms with Crippen LogP contribution < -0.4 is 10.1 Å². The van der Waals surface area contributed by atoms with Crippen LogP contribution in [0, 0.1) is 13.8 Å². The van der Waals surface area contributed by atoms with E-state index in [4.69, 9.17) is 14.0 Å². The zero-order valence-corrected chi connectivity index (χ0v) is 22.3. The highest BCUT2D eigenvalue weighted by molar-refractivity contribution is 7.85. The zero-order chi connectivity index (χ0) is 25.4. The molecule has 1 atom stereocenters. The molecule has 1 unspecified atom stereocenters. The Labute approximate surface area is 206 Å². The number of alkyl carbamates (subject to hydrolysis) is 1. The summed E-state index contributed by atoms with van der Waals surface area (Å²) in [6.07, 6.45) is 12.2. The predicted molar refractivity (Wildman–Crippen MR) is 137 cm³/mol. The molecule has 2 N–H and O–H groups in total. The van der Waals surface area contributed by atoms with Gasteiger partial charge in [-0.25, -0.2) is 4.79 Å². The number of methoxy groups -OCH3 is 1. The highest BCUT2D eigenvalue weighted by Crippen LogP contribution is 2.32. The number of hydrogen-bond acceptors (Lipinski definition) is 5. The lowest BCUT2D eigenvalue weighted by Crippen LogP contribution is -2.28. The molecule has 0 saturated heterocycles. The number of ether oxygens (including phenoxy) is 2. The summed E-state index contributed by atoms with van der Waals surface area (Å²) < 4.78 is 41.7. The SMILES string of the molecule is CCCCCCCCCCCCC(OC(=O)NCCCS(=O)(=O)O)c1cc(C)c(OC)cc1C. The van der Waals surface area contributed by atoms with Gasteiger partial charge in [-0.2, -0.15) is 8.42 Å². The number of benzene rings is 1. The highest BCUT2D eigenvalue weighted by Gasteiger charge is 2.20. The monoisotopic (exact) mass is 499 g/mol.